The van der Waals surface area contributed by atoms with Crippen molar-refractivity contribution in [3.05, 3.63) is 95.1 Å². The van der Waals surface area contributed by atoms with Crippen LogP contribution in [0.25, 0.3) is 10.9 Å². The number of rotatable bonds is 7. The Morgan fingerprint density at radius 2 is 1.79 bits per heavy atom. The van der Waals surface area contributed by atoms with Crippen LogP contribution in [-0.4, -0.2) is 47.9 Å². The van der Waals surface area contributed by atoms with Gasteiger partial charge in [0, 0.05) is 23.1 Å². The summed E-state index contributed by atoms with van der Waals surface area (Å²) in [6.07, 6.45) is 0. The van der Waals surface area contributed by atoms with E-state index in [-0.39, 0.29) is 5.88 Å². The van der Waals surface area contributed by atoms with E-state index in [0.29, 0.717) is 12.1 Å². The number of fused-ring (bicyclic) bond motifs is 1. The van der Waals surface area contributed by atoms with Crippen LogP contribution in [0.4, 0.5) is 5.69 Å². The summed E-state index contributed by atoms with van der Waals surface area (Å²) < 4.78 is 0. The Morgan fingerprint density at radius 1 is 1.03 bits per heavy atom. The average Bonchev–Trinajstić information content (AvgIpc) is 3.16. The van der Waals surface area contributed by atoms with E-state index in [1.807, 2.05) is 60.7 Å². The molecule has 34 heavy (non-hydrogen) atoms. The minimum atomic E-state index is 0.0968. The standard InChI is InChI=1S/C29H30N4O/c1-4-30-18-8-9-21-14-17-25-26(19-21)32-29(34)27(25)28(23-10-6-5-7-11-23)31-24-15-12-22(13-16-24)20-33(2)3/h5-7,10-17,19,30,32,34H,4,18,20H2,1-3H3. The monoisotopic (exact) mass is 450 g/mol. The van der Waals surface area contributed by atoms with Gasteiger partial charge in [-0.2, -0.15) is 0 Å². The number of H-pyrrole nitrogens is 1. The predicted molar refractivity (Wildman–Crippen MR) is 141 cm³/mol. The first-order chi connectivity index (χ1) is 16.5. The van der Waals surface area contributed by atoms with Crippen LogP contribution in [0.15, 0.2) is 77.8 Å². The van der Waals surface area contributed by atoms with Crippen LogP contribution in [-0.2, 0) is 6.54 Å². The fourth-order valence-corrected chi connectivity index (χ4v) is 3.87. The molecule has 4 aromatic rings. The van der Waals surface area contributed by atoms with Gasteiger partial charge in [-0.15, -0.1) is 0 Å². The number of aromatic amines is 1. The average molecular weight is 451 g/mol. The number of aliphatic imine (C=N–C) groups is 1. The number of nitrogens with one attached hydrogen (secondary N) is 2. The van der Waals surface area contributed by atoms with Crippen LogP contribution in [0.1, 0.15) is 29.2 Å². The molecule has 0 atom stereocenters. The molecular weight excluding hydrogens is 420 g/mol. The van der Waals surface area contributed by atoms with E-state index in [1.54, 1.807) is 0 Å². The third-order valence-electron chi connectivity index (χ3n) is 5.43. The van der Waals surface area contributed by atoms with Crippen molar-refractivity contribution < 1.29 is 5.11 Å². The third-order valence-corrected chi connectivity index (χ3v) is 5.43. The molecule has 1 heterocycles. The Labute approximate surface area is 201 Å². The number of aromatic hydroxyl groups is 1. The highest BCUT2D eigenvalue weighted by molar-refractivity contribution is 6.21. The molecular formula is C29H30N4O. The number of hydrogen-bond donors (Lipinski definition) is 3. The maximum Gasteiger partial charge on any atom is 0.199 e. The van der Waals surface area contributed by atoms with Crippen molar-refractivity contribution in [2.24, 2.45) is 4.99 Å². The molecule has 0 fully saturated rings. The molecule has 0 aliphatic carbocycles. The molecule has 0 aliphatic rings. The molecule has 0 unspecified atom stereocenters. The Hall–Kier alpha value is -3.85. The fraction of sp³-hybridized carbons (Fsp3) is 0.207. The van der Waals surface area contributed by atoms with Crippen LogP contribution in [0, 0.1) is 11.8 Å². The highest BCUT2D eigenvalue weighted by Crippen LogP contribution is 2.32. The van der Waals surface area contributed by atoms with Gasteiger partial charge in [0.15, 0.2) is 5.88 Å². The molecule has 5 nitrogen and oxygen atoms in total. The maximum atomic E-state index is 10.9. The van der Waals surface area contributed by atoms with E-state index in [1.165, 1.54) is 5.56 Å². The van der Waals surface area contributed by atoms with Crippen LogP contribution in [0.2, 0.25) is 0 Å². The topological polar surface area (TPSA) is 63.6 Å². The van der Waals surface area contributed by atoms with Crippen molar-refractivity contribution in [1.82, 2.24) is 15.2 Å². The number of hydrogen-bond acceptors (Lipinski definition) is 4. The van der Waals surface area contributed by atoms with Crippen molar-refractivity contribution in [1.29, 1.82) is 0 Å². The van der Waals surface area contributed by atoms with Gasteiger partial charge in [0.2, 0.25) is 0 Å². The number of benzene rings is 3. The molecule has 172 valence electrons. The summed E-state index contributed by atoms with van der Waals surface area (Å²) in [5.74, 6) is 6.39. The van der Waals surface area contributed by atoms with Crippen molar-refractivity contribution in [3.63, 3.8) is 0 Å². The second-order valence-electron chi connectivity index (χ2n) is 8.42. The quantitative estimate of drug-likeness (QED) is 0.209. The molecule has 5 heteroatoms. The molecule has 0 aliphatic heterocycles. The zero-order valence-electron chi connectivity index (χ0n) is 19.9. The second-order valence-corrected chi connectivity index (χ2v) is 8.42. The van der Waals surface area contributed by atoms with Gasteiger partial charge in [-0.3, -0.25) is 0 Å². The molecule has 0 saturated carbocycles. The molecule has 0 spiro atoms. The lowest BCUT2D eigenvalue weighted by molar-refractivity contribution is 0.402. The van der Waals surface area contributed by atoms with Gasteiger partial charge in [0.25, 0.3) is 0 Å². The first-order valence-corrected chi connectivity index (χ1v) is 11.5. The lowest BCUT2D eigenvalue weighted by Gasteiger charge is -2.10. The van der Waals surface area contributed by atoms with Crippen molar-refractivity contribution in [3.8, 4) is 17.7 Å². The van der Waals surface area contributed by atoms with E-state index in [4.69, 9.17) is 4.99 Å². The molecule has 4 rings (SSSR count). The van der Waals surface area contributed by atoms with E-state index < -0.39 is 0 Å². The van der Waals surface area contributed by atoms with Gasteiger partial charge in [-0.05, 0) is 50.5 Å². The van der Waals surface area contributed by atoms with Crippen molar-refractivity contribution >= 4 is 22.3 Å². The van der Waals surface area contributed by atoms with Gasteiger partial charge in [0.1, 0.15) is 0 Å². The summed E-state index contributed by atoms with van der Waals surface area (Å²) in [5.41, 5.74) is 6.12. The number of nitrogens with zero attached hydrogens (tertiary/aromatic N) is 2. The molecule has 0 saturated heterocycles. The third kappa shape index (κ3) is 5.55. The Balaban J connectivity index is 1.77. The normalized spacial score (nSPS) is 11.6. The maximum absolute atomic E-state index is 10.9. The lowest BCUT2D eigenvalue weighted by Crippen LogP contribution is -2.11. The number of aromatic nitrogens is 1. The largest absolute Gasteiger partial charge is 0.494 e. The highest BCUT2D eigenvalue weighted by Gasteiger charge is 2.18. The minimum Gasteiger partial charge on any atom is -0.494 e. The summed E-state index contributed by atoms with van der Waals surface area (Å²) in [6, 6.07) is 24.1. The van der Waals surface area contributed by atoms with Crippen LogP contribution >= 0.6 is 0 Å². The summed E-state index contributed by atoms with van der Waals surface area (Å²) >= 11 is 0. The zero-order chi connectivity index (χ0) is 23.9. The van der Waals surface area contributed by atoms with Gasteiger partial charge >= 0.3 is 0 Å². The molecule has 0 bridgehead atoms. The molecule has 0 amide bonds. The van der Waals surface area contributed by atoms with Crippen LogP contribution in [0.5, 0.6) is 5.88 Å². The summed E-state index contributed by atoms with van der Waals surface area (Å²) in [6.45, 7) is 4.47. The van der Waals surface area contributed by atoms with E-state index in [0.717, 1.165) is 46.5 Å². The minimum absolute atomic E-state index is 0.0968. The van der Waals surface area contributed by atoms with Crippen LogP contribution < -0.4 is 5.32 Å². The predicted octanol–water partition coefficient (Wildman–Crippen LogP) is 5.07. The van der Waals surface area contributed by atoms with E-state index >= 15 is 0 Å². The first-order valence-electron chi connectivity index (χ1n) is 11.5. The SMILES string of the molecule is CCNCC#Cc1ccc2c(C(=Nc3ccc(CN(C)C)cc3)c3ccccc3)c(O)[nH]c2c1. The summed E-state index contributed by atoms with van der Waals surface area (Å²) in [5, 5.41) is 15.0. The Morgan fingerprint density at radius 3 is 2.50 bits per heavy atom. The Bertz CT molecular complexity index is 1340. The van der Waals surface area contributed by atoms with E-state index in [2.05, 4.69) is 60.2 Å². The first kappa shape index (κ1) is 23.3. The Kier molecular flexibility index (Phi) is 7.44. The van der Waals surface area contributed by atoms with Crippen molar-refractivity contribution in [2.45, 2.75) is 13.5 Å². The summed E-state index contributed by atoms with van der Waals surface area (Å²) in [7, 11) is 4.11. The second kappa shape index (κ2) is 10.8. The molecule has 3 N–H and O–H groups in total. The smallest absolute Gasteiger partial charge is 0.199 e. The molecule has 1 aromatic heterocycles. The summed E-state index contributed by atoms with van der Waals surface area (Å²) in [4.78, 5) is 10.2. The highest BCUT2D eigenvalue weighted by atomic mass is 16.3. The van der Waals surface area contributed by atoms with E-state index in [9.17, 15) is 5.11 Å². The molecule has 3 aromatic carbocycles. The van der Waals surface area contributed by atoms with Gasteiger partial charge < -0.3 is 20.3 Å². The van der Waals surface area contributed by atoms with Gasteiger partial charge in [-0.1, -0.05) is 67.3 Å². The lowest BCUT2D eigenvalue weighted by atomic mass is 10.00. The van der Waals surface area contributed by atoms with Crippen molar-refractivity contribution in [2.75, 3.05) is 27.2 Å². The van der Waals surface area contributed by atoms with Crippen LogP contribution in [0.3, 0.4) is 0 Å². The zero-order valence-corrected chi connectivity index (χ0v) is 19.9. The molecule has 0 radical (unpaired) electrons. The van der Waals surface area contributed by atoms with Gasteiger partial charge in [-0.25, -0.2) is 4.99 Å². The fourth-order valence-electron chi connectivity index (χ4n) is 3.87. The van der Waals surface area contributed by atoms with Gasteiger partial charge in [0.05, 0.1) is 29.0 Å².